The van der Waals surface area contributed by atoms with Crippen molar-refractivity contribution in [1.82, 2.24) is 24.3 Å². The Kier molecular flexibility index (Phi) is 6.89. The average molecular weight is 440 g/mol. The molecule has 2 aromatic rings. The zero-order valence-electron chi connectivity index (χ0n) is 19.1. The molecule has 2 amide bonds. The van der Waals surface area contributed by atoms with Crippen LogP contribution in [0, 0.1) is 0 Å². The van der Waals surface area contributed by atoms with Gasteiger partial charge in [0.15, 0.2) is 0 Å². The maximum Gasteiger partial charge on any atom is 0.261 e. The van der Waals surface area contributed by atoms with Crippen LogP contribution in [0.3, 0.4) is 0 Å². The lowest BCUT2D eigenvalue weighted by molar-refractivity contribution is -0.135. The number of nitrogens with zero attached hydrogens (tertiary/aromatic N) is 5. The summed E-state index contributed by atoms with van der Waals surface area (Å²) in [7, 11) is 0. The zero-order chi connectivity index (χ0) is 22.7. The van der Waals surface area contributed by atoms with Gasteiger partial charge in [-0.15, -0.1) is 0 Å². The molecule has 0 N–H and O–H groups in total. The summed E-state index contributed by atoms with van der Waals surface area (Å²) in [5, 5.41) is 0.643. The van der Waals surface area contributed by atoms with Crippen molar-refractivity contribution in [1.29, 1.82) is 0 Å². The Morgan fingerprint density at radius 2 is 1.75 bits per heavy atom. The van der Waals surface area contributed by atoms with Gasteiger partial charge in [0.05, 0.1) is 17.4 Å². The van der Waals surface area contributed by atoms with E-state index in [4.69, 9.17) is 4.98 Å². The van der Waals surface area contributed by atoms with Crippen molar-refractivity contribution in [3.05, 3.63) is 40.4 Å². The smallest absolute Gasteiger partial charge is 0.261 e. The number of likely N-dealkylation sites (N-methyl/N-ethyl adjacent to an activating group) is 1. The molecule has 1 aliphatic carbocycles. The maximum atomic E-state index is 13.0. The fourth-order valence-corrected chi connectivity index (χ4v) is 4.48. The van der Waals surface area contributed by atoms with Gasteiger partial charge in [-0.2, -0.15) is 0 Å². The van der Waals surface area contributed by atoms with Crippen LogP contribution in [0.15, 0.2) is 29.1 Å². The average Bonchev–Trinajstić information content (AvgIpc) is 3.64. The second-order valence-electron chi connectivity index (χ2n) is 8.67. The minimum absolute atomic E-state index is 0.00651. The van der Waals surface area contributed by atoms with Crippen LogP contribution in [0.1, 0.15) is 45.0 Å². The van der Waals surface area contributed by atoms with Crippen molar-refractivity contribution >= 4 is 22.7 Å². The first kappa shape index (κ1) is 22.5. The minimum Gasteiger partial charge on any atom is -0.342 e. The van der Waals surface area contributed by atoms with Gasteiger partial charge in [-0.25, -0.2) is 4.98 Å². The summed E-state index contributed by atoms with van der Waals surface area (Å²) < 4.78 is 1.81. The summed E-state index contributed by atoms with van der Waals surface area (Å²) in [4.78, 5) is 48.8. The highest BCUT2D eigenvalue weighted by Crippen LogP contribution is 2.35. The molecule has 2 aliphatic rings. The Morgan fingerprint density at radius 1 is 1.06 bits per heavy atom. The molecule has 0 atom stereocenters. The normalized spacial score (nSPS) is 17.0. The van der Waals surface area contributed by atoms with Crippen molar-refractivity contribution in [2.75, 3.05) is 45.8 Å². The number of hydrogen-bond acceptors (Lipinski definition) is 5. The van der Waals surface area contributed by atoms with Crippen molar-refractivity contribution in [3.8, 4) is 0 Å². The SMILES string of the molecule is CCN(CC)C(=O)CN1CCN(C(=O)CCc2nc3ccccc3c(=O)n2C2CC2)CC1. The fourth-order valence-electron chi connectivity index (χ4n) is 4.48. The fraction of sp³-hybridized carbons (Fsp3) is 0.583. The van der Waals surface area contributed by atoms with Gasteiger partial charge in [0.1, 0.15) is 5.82 Å². The van der Waals surface area contributed by atoms with Crippen LogP contribution in [-0.2, 0) is 16.0 Å². The number of fused-ring (bicyclic) bond motifs is 1. The molecule has 0 bridgehead atoms. The van der Waals surface area contributed by atoms with Gasteiger partial charge in [-0.3, -0.25) is 23.9 Å². The van der Waals surface area contributed by atoms with Crippen molar-refractivity contribution in [2.45, 2.75) is 45.6 Å². The van der Waals surface area contributed by atoms with E-state index in [0.29, 0.717) is 62.3 Å². The maximum absolute atomic E-state index is 13.0. The highest BCUT2D eigenvalue weighted by molar-refractivity contribution is 5.79. The van der Waals surface area contributed by atoms with Crippen LogP contribution >= 0.6 is 0 Å². The second-order valence-corrected chi connectivity index (χ2v) is 8.67. The van der Waals surface area contributed by atoms with Crippen molar-refractivity contribution in [2.24, 2.45) is 0 Å². The summed E-state index contributed by atoms with van der Waals surface area (Å²) in [6.45, 7) is 8.52. The molecule has 172 valence electrons. The Labute approximate surface area is 188 Å². The number of carbonyl (C=O) groups excluding carboxylic acids is 2. The first-order chi connectivity index (χ1) is 15.5. The molecule has 2 fully saturated rings. The summed E-state index contributed by atoms with van der Waals surface area (Å²) in [5.41, 5.74) is 0.704. The monoisotopic (exact) mass is 439 g/mol. The number of piperazine rings is 1. The molecule has 1 aromatic carbocycles. The Morgan fingerprint density at radius 3 is 2.41 bits per heavy atom. The van der Waals surface area contributed by atoms with Gasteiger partial charge in [0.2, 0.25) is 11.8 Å². The first-order valence-corrected chi connectivity index (χ1v) is 11.8. The molecular formula is C24H33N5O3. The number of aromatic nitrogens is 2. The summed E-state index contributed by atoms with van der Waals surface area (Å²) in [6.07, 6.45) is 2.80. The lowest BCUT2D eigenvalue weighted by Crippen LogP contribution is -2.51. The van der Waals surface area contributed by atoms with E-state index in [1.807, 2.05) is 52.5 Å². The van der Waals surface area contributed by atoms with E-state index in [1.165, 1.54) is 0 Å². The number of benzene rings is 1. The molecular weight excluding hydrogens is 406 g/mol. The first-order valence-electron chi connectivity index (χ1n) is 11.8. The van der Waals surface area contributed by atoms with E-state index in [0.717, 1.165) is 25.9 Å². The molecule has 32 heavy (non-hydrogen) atoms. The molecule has 1 aliphatic heterocycles. The molecule has 1 saturated heterocycles. The highest BCUT2D eigenvalue weighted by Gasteiger charge is 2.29. The summed E-state index contributed by atoms with van der Waals surface area (Å²) in [6, 6.07) is 7.65. The van der Waals surface area contributed by atoms with Gasteiger partial charge < -0.3 is 9.80 Å². The molecule has 0 spiro atoms. The van der Waals surface area contributed by atoms with E-state index in [9.17, 15) is 14.4 Å². The predicted octanol–water partition coefficient (Wildman–Crippen LogP) is 1.68. The predicted molar refractivity (Wildman–Crippen MR) is 124 cm³/mol. The standard InChI is InChI=1S/C24H33N5O3/c1-3-27(4-2)23(31)17-26-13-15-28(16-14-26)22(30)12-11-21-25-20-8-6-5-7-19(20)24(32)29(21)18-9-10-18/h5-8,18H,3-4,9-17H2,1-2H3. The van der Waals surface area contributed by atoms with Crippen molar-refractivity contribution < 1.29 is 9.59 Å². The largest absolute Gasteiger partial charge is 0.342 e. The van der Waals surface area contributed by atoms with Gasteiger partial charge in [0, 0.05) is 58.2 Å². The summed E-state index contributed by atoms with van der Waals surface area (Å²) in [5.74, 6) is 0.952. The lowest BCUT2D eigenvalue weighted by atomic mass is 10.2. The molecule has 4 rings (SSSR count). The Balaban J connectivity index is 1.35. The molecule has 2 heterocycles. The molecule has 1 saturated carbocycles. The van der Waals surface area contributed by atoms with Crippen LogP contribution in [0.2, 0.25) is 0 Å². The third-order valence-electron chi connectivity index (χ3n) is 6.56. The van der Waals surface area contributed by atoms with E-state index >= 15 is 0 Å². The molecule has 8 nitrogen and oxygen atoms in total. The van der Waals surface area contributed by atoms with Gasteiger partial charge in [-0.1, -0.05) is 12.1 Å². The van der Waals surface area contributed by atoms with E-state index in [-0.39, 0.29) is 23.4 Å². The number of rotatable bonds is 8. The van der Waals surface area contributed by atoms with Gasteiger partial charge in [-0.05, 0) is 38.8 Å². The number of para-hydroxylation sites is 1. The topological polar surface area (TPSA) is 78.8 Å². The van der Waals surface area contributed by atoms with E-state index < -0.39 is 0 Å². The molecule has 8 heteroatoms. The van der Waals surface area contributed by atoms with Crippen LogP contribution in [0.4, 0.5) is 0 Å². The Hall–Kier alpha value is -2.74. The number of amides is 2. The van der Waals surface area contributed by atoms with E-state index in [1.54, 1.807) is 0 Å². The molecule has 1 aromatic heterocycles. The van der Waals surface area contributed by atoms with Gasteiger partial charge >= 0.3 is 0 Å². The third kappa shape index (κ3) is 4.85. The van der Waals surface area contributed by atoms with Crippen LogP contribution < -0.4 is 5.56 Å². The number of hydrogen-bond donors (Lipinski definition) is 0. The second kappa shape index (κ2) is 9.81. The number of aryl methyl sites for hydroxylation is 1. The van der Waals surface area contributed by atoms with Crippen LogP contribution in [0.5, 0.6) is 0 Å². The minimum atomic E-state index is 0.00651. The quantitative estimate of drug-likeness (QED) is 0.625. The molecule has 0 radical (unpaired) electrons. The van der Waals surface area contributed by atoms with E-state index in [2.05, 4.69) is 4.90 Å². The lowest BCUT2D eigenvalue weighted by Gasteiger charge is -2.35. The van der Waals surface area contributed by atoms with Gasteiger partial charge in [0.25, 0.3) is 5.56 Å². The van der Waals surface area contributed by atoms with Crippen LogP contribution in [-0.4, -0.2) is 81.9 Å². The zero-order valence-corrected chi connectivity index (χ0v) is 19.1. The third-order valence-corrected chi connectivity index (χ3v) is 6.56. The Bertz CT molecular complexity index is 1030. The van der Waals surface area contributed by atoms with Crippen LogP contribution in [0.25, 0.3) is 10.9 Å². The number of carbonyl (C=O) groups is 2. The molecule has 0 unspecified atom stereocenters. The summed E-state index contributed by atoms with van der Waals surface area (Å²) >= 11 is 0. The van der Waals surface area contributed by atoms with Crippen molar-refractivity contribution in [3.63, 3.8) is 0 Å². The highest BCUT2D eigenvalue weighted by atomic mass is 16.2.